The van der Waals surface area contributed by atoms with Gasteiger partial charge < -0.3 is 20.3 Å². The summed E-state index contributed by atoms with van der Waals surface area (Å²) in [6.07, 6.45) is 1.62. The number of carbonyl (C=O) groups excluding carboxylic acids is 3. The number of piperazine rings is 1. The first kappa shape index (κ1) is 27.5. The van der Waals surface area contributed by atoms with Gasteiger partial charge >= 0.3 is 18.0 Å². The van der Waals surface area contributed by atoms with Crippen LogP contribution < -0.4 is 10.6 Å². The van der Waals surface area contributed by atoms with Gasteiger partial charge in [0.1, 0.15) is 0 Å². The van der Waals surface area contributed by atoms with Gasteiger partial charge in [0.25, 0.3) is 0 Å². The monoisotopic (exact) mass is 517 g/mol. The summed E-state index contributed by atoms with van der Waals surface area (Å²) in [5.74, 6) is -0.505. The molecule has 0 unspecified atom stereocenters. The highest BCUT2D eigenvalue weighted by Crippen LogP contribution is 2.35. The first-order valence-corrected chi connectivity index (χ1v) is 12.7. The first-order valence-electron chi connectivity index (χ1n) is 12.3. The van der Waals surface area contributed by atoms with Crippen LogP contribution in [0.2, 0.25) is 5.02 Å². The van der Waals surface area contributed by atoms with E-state index in [9.17, 15) is 14.4 Å². The number of hydrogen-bond acceptors (Lipinski definition) is 5. The third-order valence-corrected chi connectivity index (χ3v) is 6.56. The molecule has 2 aliphatic heterocycles. The van der Waals surface area contributed by atoms with Crippen LogP contribution in [0.3, 0.4) is 0 Å². The molecule has 2 heterocycles. The predicted molar refractivity (Wildman–Crippen MR) is 140 cm³/mol. The molecular weight excluding hydrogens is 482 g/mol. The number of carbonyl (C=O) groups is 3. The fraction of sp³-hybridized carbons (Fsp3) is 0.500. The van der Waals surface area contributed by atoms with Crippen LogP contribution in [0.15, 0.2) is 48.2 Å². The maximum absolute atomic E-state index is 13.3. The largest absolute Gasteiger partial charge is 0.463 e. The third-order valence-electron chi connectivity index (χ3n) is 6.22. The molecule has 0 bridgehead atoms. The number of nitrogens with zero attached hydrogens (tertiary/aromatic N) is 3. The van der Waals surface area contributed by atoms with Crippen LogP contribution in [0.4, 0.5) is 9.59 Å². The minimum absolute atomic E-state index is 0.0474. The zero-order valence-electron chi connectivity index (χ0n) is 21.4. The van der Waals surface area contributed by atoms with Crippen LogP contribution in [0.25, 0.3) is 0 Å². The molecule has 0 aliphatic carbocycles. The van der Waals surface area contributed by atoms with Crippen molar-refractivity contribution in [1.29, 1.82) is 0 Å². The Bertz CT molecular complexity index is 1030. The fourth-order valence-corrected chi connectivity index (χ4v) is 4.85. The van der Waals surface area contributed by atoms with E-state index in [4.69, 9.17) is 16.3 Å². The summed E-state index contributed by atoms with van der Waals surface area (Å²) in [5, 5.41) is 6.32. The first-order chi connectivity index (χ1) is 17.2. The molecule has 1 aromatic rings. The van der Waals surface area contributed by atoms with Gasteiger partial charge in [-0.25, -0.2) is 14.4 Å². The number of hydrogen-bond donors (Lipinski definition) is 2. The summed E-state index contributed by atoms with van der Waals surface area (Å²) in [5.41, 5.74) is 1.52. The summed E-state index contributed by atoms with van der Waals surface area (Å²) >= 11 is 6.48. The van der Waals surface area contributed by atoms with Crippen molar-refractivity contribution >= 4 is 29.6 Å². The summed E-state index contributed by atoms with van der Waals surface area (Å²) in [6, 6.07) is 5.95. The standard InChI is InChI=1S/C26H36ClN5O4/c1-6-12-32-21(16-30-13-14-31(18(5)15-30)25(34)28-17(3)4)22(24(33)36-7-2)23(29-26(32)35)19-10-8-9-11-20(19)27/h6,8-11,17-18,23H,1,7,12-16H2,2-5H3,(H,28,34)(H,29,35)/t18-,23+/m1/s1. The van der Waals surface area contributed by atoms with Gasteiger partial charge in [-0.1, -0.05) is 35.9 Å². The summed E-state index contributed by atoms with van der Waals surface area (Å²) in [7, 11) is 0. The molecule has 2 atom stereocenters. The molecule has 0 aromatic heterocycles. The molecule has 0 radical (unpaired) electrons. The zero-order chi connectivity index (χ0) is 26.4. The Morgan fingerprint density at radius 2 is 2.03 bits per heavy atom. The Morgan fingerprint density at radius 1 is 1.31 bits per heavy atom. The molecule has 2 aliphatic rings. The number of halogens is 1. The lowest BCUT2D eigenvalue weighted by Crippen LogP contribution is -2.58. The summed E-state index contributed by atoms with van der Waals surface area (Å²) < 4.78 is 5.44. The second kappa shape index (κ2) is 12.3. The molecule has 196 valence electrons. The van der Waals surface area contributed by atoms with Crippen LogP contribution in [0, 0.1) is 0 Å². The lowest BCUT2D eigenvalue weighted by atomic mass is 9.94. The van der Waals surface area contributed by atoms with Gasteiger partial charge in [0, 0.05) is 55.5 Å². The van der Waals surface area contributed by atoms with Crippen molar-refractivity contribution < 1.29 is 19.1 Å². The topological polar surface area (TPSA) is 94.2 Å². The van der Waals surface area contributed by atoms with Gasteiger partial charge in [0.15, 0.2) is 0 Å². The van der Waals surface area contributed by atoms with Crippen molar-refractivity contribution in [2.45, 2.75) is 45.8 Å². The molecule has 1 fully saturated rings. The fourth-order valence-electron chi connectivity index (χ4n) is 4.61. The molecule has 1 saturated heterocycles. The van der Waals surface area contributed by atoms with Gasteiger partial charge in [-0.3, -0.25) is 9.80 Å². The Labute approximate surface area is 218 Å². The van der Waals surface area contributed by atoms with Gasteiger partial charge in [-0.2, -0.15) is 0 Å². The van der Waals surface area contributed by atoms with E-state index < -0.39 is 12.0 Å². The molecule has 0 saturated carbocycles. The van der Waals surface area contributed by atoms with Crippen LogP contribution in [-0.2, 0) is 9.53 Å². The van der Waals surface area contributed by atoms with Crippen molar-refractivity contribution in [3.8, 4) is 0 Å². The predicted octanol–water partition coefficient (Wildman–Crippen LogP) is 3.53. The second-order valence-corrected chi connectivity index (χ2v) is 9.67. The highest BCUT2D eigenvalue weighted by atomic mass is 35.5. The van der Waals surface area contributed by atoms with Crippen molar-refractivity contribution in [1.82, 2.24) is 25.3 Å². The van der Waals surface area contributed by atoms with Crippen molar-refractivity contribution in [2.75, 3.05) is 39.3 Å². The van der Waals surface area contributed by atoms with E-state index >= 15 is 0 Å². The Balaban J connectivity index is 1.98. The number of ether oxygens (including phenoxy) is 1. The molecular formula is C26H36ClN5O4. The summed E-state index contributed by atoms with van der Waals surface area (Å²) in [4.78, 5) is 44.6. The normalized spacial score (nSPS) is 20.9. The molecule has 0 spiro atoms. The van der Waals surface area contributed by atoms with Crippen LogP contribution in [0.5, 0.6) is 0 Å². The van der Waals surface area contributed by atoms with E-state index in [-0.39, 0.29) is 37.3 Å². The number of rotatable bonds is 8. The van der Waals surface area contributed by atoms with E-state index in [1.54, 1.807) is 31.2 Å². The second-order valence-electron chi connectivity index (χ2n) is 9.27. The number of urea groups is 2. The average Bonchev–Trinajstić information content (AvgIpc) is 2.81. The number of amides is 4. The molecule has 9 nitrogen and oxygen atoms in total. The molecule has 3 rings (SSSR count). The Hall–Kier alpha value is -3.04. The lowest BCUT2D eigenvalue weighted by molar-refractivity contribution is -0.139. The Kier molecular flexibility index (Phi) is 9.39. The van der Waals surface area contributed by atoms with E-state index in [0.29, 0.717) is 48.0 Å². The van der Waals surface area contributed by atoms with E-state index in [1.807, 2.05) is 31.7 Å². The van der Waals surface area contributed by atoms with E-state index in [1.165, 1.54) is 4.90 Å². The maximum Gasteiger partial charge on any atom is 0.338 e. The molecule has 4 amide bonds. The SMILES string of the molecule is C=CCN1C(=O)N[C@@H](c2ccccc2Cl)C(C(=O)OCC)=C1CN1CCN(C(=O)NC(C)C)[C@H](C)C1. The highest BCUT2D eigenvalue weighted by molar-refractivity contribution is 6.31. The van der Waals surface area contributed by atoms with Gasteiger partial charge in [-0.15, -0.1) is 6.58 Å². The van der Waals surface area contributed by atoms with Crippen LogP contribution in [-0.4, -0.2) is 84.1 Å². The number of esters is 1. The molecule has 10 heteroatoms. The van der Waals surface area contributed by atoms with Gasteiger partial charge in [0.05, 0.1) is 18.2 Å². The third kappa shape index (κ3) is 6.20. The van der Waals surface area contributed by atoms with E-state index in [2.05, 4.69) is 22.1 Å². The maximum atomic E-state index is 13.3. The van der Waals surface area contributed by atoms with Crippen molar-refractivity contribution in [3.63, 3.8) is 0 Å². The van der Waals surface area contributed by atoms with Gasteiger partial charge in [-0.05, 0) is 39.3 Å². The molecule has 1 aromatic carbocycles. The van der Waals surface area contributed by atoms with Crippen LogP contribution >= 0.6 is 11.6 Å². The van der Waals surface area contributed by atoms with Crippen LogP contribution in [0.1, 0.15) is 39.3 Å². The summed E-state index contributed by atoms with van der Waals surface area (Å²) in [6.45, 7) is 13.9. The van der Waals surface area contributed by atoms with E-state index in [0.717, 1.165) is 0 Å². The number of nitrogens with one attached hydrogen (secondary N) is 2. The number of benzene rings is 1. The molecule has 36 heavy (non-hydrogen) atoms. The quantitative estimate of drug-likeness (QED) is 0.406. The van der Waals surface area contributed by atoms with Gasteiger partial charge in [0.2, 0.25) is 0 Å². The van der Waals surface area contributed by atoms with Crippen molar-refractivity contribution in [3.05, 3.63) is 58.8 Å². The smallest absolute Gasteiger partial charge is 0.338 e. The van der Waals surface area contributed by atoms with Crippen molar-refractivity contribution in [2.24, 2.45) is 0 Å². The lowest BCUT2D eigenvalue weighted by Gasteiger charge is -2.43. The zero-order valence-corrected chi connectivity index (χ0v) is 22.2. The minimum atomic E-state index is -0.753. The Morgan fingerprint density at radius 3 is 2.64 bits per heavy atom. The molecule has 2 N–H and O–H groups in total. The minimum Gasteiger partial charge on any atom is -0.463 e. The average molecular weight is 518 g/mol. The highest BCUT2D eigenvalue weighted by Gasteiger charge is 2.40.